The standard InChI is InChI=1S/C17H17BrN2O5S2/c18-15-7-6-14(26-15)17(22)25-11-16(21)19-12-4-3-5-13(10-12)27(23,24)20-8-1-2-9-20/h3-7,10H,1-2,8-9,11H2,(H,19,21). The third-order valence-electron chi connectivity index (χ3n) is 3.93. The van der Waals surface area contributed by atoms with Crippen LogP contribution in [-0.4, -0.2) is 44.3 Å². The minimum atomic E-state index is -3.56. The fourth-order valence-electron chi connectivity index (χ4n) is 2.64. The highest BCUT2D eigenvalue weighted by molar-refractivity contribution is 9.11. The highest BCUT2D eigenvalue weighted by Crippen LogP contribution is 2.24. The smallest absolute Gasteiger partial charge is 0.348 e. The van der Waals surface area contributed by atoms with Gasteiger partial charge in [0.2, 0.25) is 10.0 Å². The molecular weight excluding hydrogens is 456 g/mol. The first-order valence-corrected chi connectivity index (χ1v) is 11.2. The van der Waals surface area contributed by atoms with Gasteiger partial charge in [0, 0.05) is 18.8 Å². The van der Waals surface area contributed by atoms with E-state index in [9.17, 15) is 18.0 Å². The van der Waals surface area contributed by atoms with Gasteiger partial charge in [-0.15, -0.1) is 11.3 Å². The molecule has 0 aliphatic carbocycles. The third-order valence-corrected chi connectivity index (χ3v) is 7.43. The maximum Gasteiger partial charge on any atom is 0.348 e. The molecule has 27 heavy (non-hydrogen) atoms. The highest BCUT2D eigenvalue weighted by atomic mass is 79.9. The van der Waals surface area contributed by atoms with Gasteiger partial charge in [0.1, 0.15) is 4.88 Å². The van der Waals surface area contributed by atoms with Crippen LogP contribution in [-0.2, 0) is 19.6 Å². The van der Waals surface area contributed by atoms with Gasteiger partial charge in [-0.05, 0) is 59.1 Å². The molecule has 2 aromatic rings. The molecule has 1 aromatic heterocycles. The van der Waals surface area contributed by atoms with Gasteiger partial charge in [0.05, 0.1) is 8.68 Å². The summed E-state index contributed by atoms with van der Waals surface area (Å²) in [4.78, 5) is 24.4. The second-order valence-corrected chi connectivity index (χ2v) is 10.3. The van der Waals surface area contributed by atoms with Crippen LogP contribution in [0.1, 0.15) is 22.5 Å². The van der Waals surface area contributed by atoms with E-state index in [0.29, 0.717) is 23.7 Å². The molecule has 0 radical (unpaired) electrons. The lowest BCUT2D eigenvalue weighted by molar-refractivity contribution is -0.119. The van der Waals surface area contributed by atoms with Crippen LogP contribution in [0, 0.1) is 0 Å². The van der Waals surface area contributed by atoms with Crippen LogP contribution < -0.4 is 5.32 Å². The van der Waals surface area contributed by atoms with Crippen molar-refractivity contribution in [2.45, 2.75) is 17.7 Å². The van der Waals surface area contributed by atoms with E-state index in [1.165, 1.54) is 27.8 Å². The fraction of sp³-hybridized carbons (Fsp3) is 0.294. The molecule has 1 fully saturated rings. The second kappa shape index (κ2) is 8.51. The lowest BCUT2D eigenvalue weighted by Gasteiger charge is -2.16. The van der Waals surface area contributed by atoms with Crippen molar-refractivity contribution in [3.8, 4) is 0 Å². The molecule has 7 nitrogen and oxygen atoms in total. The number of nitrogens with one attached hydrogen (secondary N) is 1. The van der Waals surface area contributed by atoms with Crippen molar-refractivity contribution < 1.29 is 22.7 Å². The topological polar surface area (TPSA) is 92.8 Å². The summed E-state index contributed by atoms with van der Waals surface area (Å²) in [6, 6.07) is 9.36. The summed E-state index contributed by atoms with van der Waals surface area (Å²) in [6.07, 6.45) is 1.70. The summed E-state index contributed by atoms with van der Waals surface area (Å²) in [5.74, 6) is -1.14. The normalized spacial score (nSPS) is 14.9. The van der Waals surface area contributed by atoms with Gasteiger partial charge in [-0.2, -0.15) is 4.31 Å². The minimum Gasteiger partial charge on any atom is -0.451 e. The number of hydrogen-bond acceptors (Lipinski definition) is 6. The number of amides is 1. The number of benzene rings is 1. The largest absolute Gasteiger partial charge is 0.451 e. The number of ether oxygens (including phenoxy) is 1. The Kier molecular flexibility index (Phi) is 6.30. The molecule has 1 saturated heterocycles. The SMILES string of the molecule is O=C(COC(=O)c1ccc(Br)s1)Nc1cccc(S(=O)(=O)N2CCCC2)c1. The molecule has 1 N–H and O–H groups in total. The van der Waals surface area contributed by atoms with Crippen molar-refractivity contribution in [2.75, 3.05) is 25.0 Å². The van der Waals surface area contributed by atoms with Gasteiger partial charge in [-0.1, -0.05) is 6.07 Å². The van der Waals surface area contributed by atoms with Crippen LogP contribution in [0.5, 0.6) is 0 Å². The van der Waals surface area contributed by atoms with Crippen molar-refractivity contribution in [2.24, 2.45) is 0 Å². The third kappa shape index (κ3) is 4.95. The summed E-state index contributed by atoms with van der Waals surface area (Å²) in [6.45, 7) is 0.554. The van der Waals surface area contributed by atoms with Gasteiger partial charge in [0.25, 0.3) is 5.91 Å². The molecule has 0 spiro atoms. The van der Waals surface area contributed by atoms with E-state index in [0.717, 1.165) is 16.6 Å². The first-order chi connectivity index (χ1) is 12.9. The van der Waals surface area contributed by atoms with Crippen LogP contribution in [0.15, 0.2) is 45.1 Å². The Bertz CT molecular complexity index is 952. The molecule has 144 valence electrons. The molecule has 0 saturated carbocycles. The minimum absolute atomic E-state index is 0.127. The summed E-state index contributed by atoms with van der Waals surface area (Å²) in [7, 11) is -3.56. The Hall–Kier alpha value is -1.75. The average Bonchev–Trinajstić information content (AvgIpc) is 3.32. The van der Waals surface area contributed by atoms with Gasteiger partial charge in [0.15, 0.2) is 6.61 Å². The summed E-state index contributed by atoms with van der Waals surface area (Å²) in [5.41, 5.74) is 0.329. The van der Waals surface area contributed by atoms with Crippen molar-refractivity contribution in [1.29, 1.82) is 0 Å². The number of sulfonamides is 1. The van der Waals surface area contributed by atoms with Gasteiger partial charge < -0.3 is 10.1 Å². The lowest BCUT2D eigenvalue weighted by Crippen LogP contribution is -2.28. The van der Waals surface area contributed by atoms with Crippen LogP contribution in [0.25, 0.3) is 0 Å². The number of thiophene rings is 1. The maximum absolute atomic E-state index is 12.6. The van der Waals surface area contributed by atoms with E-state index in [1.54, 1.807) is 24.3 Å². The molecule has 1 amide bonds. The Morgan fingerprint density at radius 3 is 2.59 bits per heavy atom. The number of halogens is 1. The van der Waals surface area contributed by atoms with E-state index in [-0.39, 0.29) is 4.90 Å². The van der Waals surface area contributed by atoms with Gasteiger partial charge in [-0.3, -0.25) is 4.79 Å². The van der Waals surface area contributed by atoms with E-state index in [4.69, 9.17) is 4.74 Å². The maximum atomic E-state index is 12.6. The number of nitrogens with zero attached hydrogens (tertiary/aromatic N) is 1. The first kappa shape index (κ1) is 20.0. The summed E-state index contributed by atoms with van der Waals surface area (Å²) < 4.78 is 32.4. The Morgan fingerprint density at radius 1 is 1.19 bits per heavy atom. The van der Waals surface area contributed by atoms with Crippen LogP contribution in [0.2, 0.25) is 0 Å². The van der Waals surface area contributed by atoms with Gasteiger partial charge >= 0.3 is 5.97 Å². The van der Waals surface area contributed by atoms with Crippen LogP contribution in [0.4, 0.5) is 5.69 Å². The zero-order chi connectivity index (χ0) is 19.4. The molecule has 2 heterocycles. The predicted octanol–water partition coefficient (Wildman–Crippen LogP) is 3.09. The molecule has 0 unspecified atom stereocenters. The zero-order valence-electron chi connectivity index (χ0n) is 14.2. The number of rotatable bonds is 6. The molecule has 1 aliphatic heterocycles. The number of hydrogen-bond donors (Lipinski definition) is 1. The molecule has 3 rings (SSSR count). The number of carbonyl (C=O) groups is 2. The molecular formula is C17H17BrN2O5S2. The molecule has 1 aromatic carbocycles. The number of esters is 1. The fourth-order valence-corrected chi connectivity index (χ4v) is 5.48. The van der Waals surface area contributed by atoms with E-state index in [2.05, 4.69) is 21.2 Å². The van der Waals surface area contributed by atoms with Crippen molar-refractivity contribution >= 4 is 54.9 Å². The first-order valence-electron chi connectivity index (χ1n) is 8.19. The van der Waals surface area contributed by atoms with Crippen molar-refractivity contribution in [1.82, 2.24) is 4.31 Å². The van der Waals surface area contributed by atoms with E-state index >= 15 is 0 Å². The van der Waals surface area contributed by atoms with Crippen LogP contribution in [0.3, 0.4) is 0 Å². The molecule has 10 heteroatoms. The highest BCUT2D eigenvalue weighted by Gasteiger charge is 2.27. The lowest BCUT2D eigenvalue weighted by atomic mass is 10.3. The monoisotopic (exact) mass is 472 g/mol. The Balaban J connectivity index is 1.60. The van der Waals surface area contributed by atoms with Gasteiger partial charge in [-0.25, -0.2) is 13.2 Å². The van der Waals surface area contributed by atoms with Crippen molar-refractivity contribution in [3.05, 3.63) is 45.1 Å². The molecule has 1 aliphatic rings. The van der Waals surface area contributed by atoms with E-state index in [1.807, 2.05) is 0 Å². The van der Waals surface area contributed by atoms with Crippen molar-refractivity contribution in [3.63, 3.8) is 0 Å². The average molecular weight is 473 g/mol. The van der Waals surface area contributed by atoms with Crippen LogP contribution >= 0.6 is 27.3 Å². The number of anilines is 1. The number of carbonyl (C=O) groups excluding carboxylic acids is 2. The molecule has 0 atom stereocenters. The quantitative estimate of drug-likeness (QED) is 0.651. The predicted molar refractivity (Wildman–Crippen MR) is 105 cm³/mol. The summed E-state index contributed by atoms with van der Waals surface area (Å²) in [5, 5.41) is 2.55. The summed E-state index contributed by atoms with van der Waals surface area (Å²) >= 11 is 4.46. The zero-order valence-corrected chi connectivity index (χ0v) is 17.4. The Labute approximate surface area is 169 Å². The van der Waals surface area contributed by atoms with E-state index < -0.39 is 28.5 Å². The Morgan fingerprint density at radius 2 is 1.93 bits per heavy atom. The second-order valence-electron chi connectivity index (χ2n) is 5.87. The molecule has 0 bridgehead atoms.